The predicted molar refractivity (Wildman–Crippen MR) is 131 cm³/mol. The number of aliphatic hydroxyl groups excluding tert-OH is 1. The van der Waals surface area contributed by atoms with Gasteiger partial charge in [-0.05, 0) is 56.1 Å². The summed E-state index contributed by atoms with van der Waals surface area (Å²) < 4.78 is 13.6. The Morgan fingerprint density at radius 1 is 1.13 bits per heavy atom. The van der Waals surface area contributed by atoms with Gasteiger partial charge in [-0.3, -0.25) is 4.90 Å². The lowest BCUT2D eigenvalue weighted by Crippen LogP contribution is -2.42. The zero-order valence-corrected chi connectivity index (χ0v) is 19.8. The Morgan fingerprint density at radius 3 is 2.53 bits per heavy atom. The van der Waals surface area contributed by atoms with E-state index in [0.717, 1.165) is 37.7 Å². The number of halogens is 2. The molecular formula is C23H32FIN4O. The molecule has 0 aliphatic carbocycles. The van der Waals surface area contributed by atoms with E-state index in [1.54, 1.807) is 12.1 Å². The minimum atomic E-state index is -0.387. The van der Waals surface area contributed by atoms with Crippen molar-refractivity contribution < 1.29 is 9.50 Å². The molecule has 1 saturated heterocycles. The fourth-order valence-corrected chi connectivity index (χ4v) is 3.74. The van der Waals surface area contributed by atoms with Crippen LogP contribution in [0.1, 0.15) is 42.5 Å². The first-order valence-electron chi connectivity index (χ1n) is 10.4. The molecule has 0 spiro atoms. The van der Waals surface area contributed by atoms with Gasteiger partial charge in [0.2, 0.25) is 0 Å². The predicted octanol–water partition coefficient (Wildman–Crippen LogP) is 3.83. The van der Waals surface area contributed by atoms with Gasteiger partial charge in [-0.15, -0.1) is 24.0 Å². The summed E-state index contributed by atoms with van der Waals surface area (Å²) in [7, 11) is 0. The van der Waals surface area contributed by atoms with Crippen LogP contribution in [0.25, 0.3) is 0 Å². The third-order valence-corrected chi connectivity index (χ3v) is 5.27. The molecule has 0 radical (unpaired) electrons. The number of hydrogen-bond acceptors (Lipinski definition) is 3. The average Bonchev–Trinajstić information content (AvgIpc) is 3.28. The van der Waals surface area contributed by atoms with Crippen LogP contribution >= 0.6 is 24.0 Å². The lowest BCUT2D eigenvalue weighted by atomic mass is 10.1. The number of rotatable bonds is 8. The largest absolute Gasteiger partial charge is 0.392 e. The number of likely N-dealkylation sites (tertiary alicyclic amines) is 1. The number of nitrogens with one attached hydrogen (secondary N) is 2. The summed E-state index contributed by atoms with van der Waals surface area (Å²) in [6.45, 7) is 5.91. The van der Waals surface area contributed by atoms with Crippen LogP contribution in [0, 0.1) is 5.82 Å². The van der Waals surface area contributed by atoms with E-state index in [1.807, 2.05) is 13.0 Å². The molecule has 2 aromatic carbocycles. The Balaban J connectivity index is 0.00000320. The van der Waals surface area contributed by atoms with Gasteiger partial charge in [0.25, 0.3) is 0 Å². The first-order valence-corrected chi connectivity index (χ1v) is 10.4. The first kappa shape index (κ1) is 24.6. The third-order valence-electron chi connectivity index (χ3n) is 5.27. The van der Waals surface area contributed by atoms with Crippen LogP contribution < -0.4 is 10.6 Å². The van der Waals surface area contributed by atoms with Crippen LogP contribution in [0.2, 0.25) is 0 Å². The van der Waals surface area contributed by atoms with E-state index in [2.05, 4.69) is 44.8 Å². The van der Waals surface area contributed by atoms with Gasteiger partial charge in [-0.2, -0.15) is 0 Å². The van der Waals surface area contributed by atoms with Gasteiger partial charge < -0.3 is 15.7 Å². The van der Waals surface area contributed by atoms with Crippen molar-refractivity contribution >= 4 is 29.9 Å². The summed E-state index contributed by atoms with van der Waals surface area (Å²) >= 11 is 0. The van der Waals surface area contributed by atoms with Crippen LogP contribution in [-0.4, -0.2) is 42.1 Å². The fraction of sp³-hybridized carbons (Fsp3) is 0.435. The molecule has 1 aliphatic heterocycles. The highest BCUT2D eigenvalue weighted by molar-refractivity contribution is 14.0. The quantitative estimate of drug-likeness (QED) is 0.278. The Kier molecular flexibility index (Phi) is 10.5. The van der Waals surface area contributed by atoms with Crippen LogP contribution in [0.3, 0.4) is 0 Å². The second kappa shape index (κ2) is 12.9. The van der Waals surface area contributed by atoms with E-state index < -0.39 is 0 Å². The zero-order valence-electron chi connectivity index (χ0n) is 17.5. The molecule has 1 heterocycles. The highest BCUT2D eigenvalue weighted by Gasteiger charge is 2.23. The molecule has 1 atom stereocenters. The summed E-state index contributed by atoms with van der Waals surface area (Å²) in [5.41, 5.74) is 2.48. The van der Waals surface area contributed by atoms with Crippen molar-refractivity contribution in [2.75, 3.05) is 26.2 Å². The minimum absolute atomic E-state index is 0. The lowest BCUT2D eigenvalue weighted by molar-refractivity contribution is 0.245. The number of aliphatic imine (C=N–C) groups is 1. The average molecular weight is 526 g/mol. The highest BCUT2D eigenvalue weighted by Crippen LogP contribution is 2.24. The molecule has 5 nitrogen and oxygen atoms in total. The van der Waals surface area contributed by atoms with Gasteiger partial charge >= 0.3 is 0 Å². The molecule has 164 valence electrons. The van der Waals surface area contributed by atoms with Crippen molar-refractivity contribution in [3.8, 4) is 0 Å². The zero-order chi connectivity index (χ0) is 20.5. The second-order valence-electron chi connectivity index (χ2n) is 7.33. The molecule has 30 heavy (non-hydrogen) atoms. The van der Waals surface area contributed by atoms with Gasteiger partial charge in [0.15, 0.2) is 5.96 Å². The van der Waals surface area contributed by atoms with Crippen LogP contribution in [0.15, 0.2) is 53.5 Å². The minimum Gasteiger partial charge on any atom is -0.392 e. The van der Waals surface area contributed by atoms with Crippen molar-refractivity contribution in [3.05, 3.63) is 71.0 Å². The topological polar surface area (TPSA) is 59.9 Å². The number of hydrogen-bond donors (Lipinski definition) is 3. The second-order valence-corrected chi connectivity index (χ2v) is 7.33. The standard InChI is InChI=1S/C23H31FN4O.HI/c1-2-25-23(26-15-18-10-11-21(24)20(14-18)17-29)27-16-22(28-12-6-7-13-28)19-8-4-3-5-9-19;/h3-5,8-11,14,22,29H,2,6-7,12-13,15-17H2,1H3,(H2,25,26,27);1H. The van der Waals surface area contributed by atoms with E-state index >= 15 is 0 Å². The smallest absolute Gasteiger partial charge is 0.191 e. The summed E-state index contributed by atoms with van der Waals surface area (Å²) in [4.78, 5) is 7.18. The SMILES string of the molecule is CCNC(=NCc1ccc(F)c(CO)c1)NCC(c1ccccc1)N1CCCC1.I. The molecule has 0 bridgehead atoms. The molecule has 3 N–H and O–H groups in total. The normalized spacial score (nSPS) is 15.5. The highest BCUT2D eigenvalue weighted by atomic mass is 127. The molecular weight excluding hydrogens is 494 g/mol. The number of nitrogens with zero attached hydrogens (tertiary/aromatic N) is 2. The van der Waals surface area contributed by atoms with E-state index in [1.165, 1.54) is 24.5 Å². The van der Waals surface area contributed by atoms with Crippen LogP contribution in [0.4, 0.5) is 4.39 Å². The Labute approximate surface area is 195 Å². The molecule has 1 unspecified atom stereocenters. The number of guanidine groups is 1. The van der Waals surface area contributed by atoms with Crippen molar-refractivity contribution in [2.45, 2.75) is 39.0 Å². The number of benzene rings is 2. The van der Waals surface area contributed by atoms with Crippen LogP contribution in [-0.2, 0) is 13.2 Å². The van der Waals surface area contributed by atoms with Gasteiger partial charge in [-0.1, -0.05) is 36.4 Å². The molecule has 1 aliphatic rings. The van der Waals surface area contributed by atoms with Gasteiger partial charge in [0.1, 0.15) is 5.82 Å². The monoisotopic (exact) mass is 526 g/mol. The van der Waals surface area contributed by atoms with Crippen LogP contribution in [0.5, 0.6) is 0 Å². The summed E-state index contributed by atoms with van der Waals surface area (Å²) in [5, 5.41) is 16.0. The summed E-state index contributed by atoms with van der Waals surface area (Å²) in [6, 6.07) is 15.7. The van der Waals surface area contributed by atoms with Crippen molar-refractivity contribution in [1.29, 1.82) is 0 Å². The first-order chi connectivity index (χ1) is 14.2. The summed E-state index contributed by atoms with van der Waals surface area (Å²) in [5.74, 6) is 0.351. The Morgan fingerprint density at radius 2 is 1.87 bits per heavy atom. The molecule has 0 aromatic heterocycles. The molecule has 1 fully saturated rings. The Hall–Kier alpha value is -1.71. The van der Waals surface area contributed by atoms with Crippen molar-refractivity contribution in [2.24, 2.45) is 4.99 Å². The molecule has 2 aromatic rings. The molecule has 0 amide bonds. The van der Waals surface area contributed by atoms with E-state index in [4.69, 9.17) is 0 Å². The third kappa shape index (κ3) is 6.92. The van der Waals surface area contributed by atoms with Crippen molar-refractivity contribution in [1.82, 2.24) is 15.5 Å². The van der Waals surface area contributed by atoms with E-state index in [-0.39, 0.29) is 36.4 Å². The van der Waals surface area contributed by atoms with E-state index in [0.29, 0.717) is 18.2 Å². The van der Waals surface area contributed by atoms with Gasteiger partial charge in [-0.25, -0.2) is 9.38 Å². The van der Waals surface area contributed by atoms with Crippen molar-refractivity contribution in [3.63, 3.8) is 0 Å². The summed E-state index contributed by atoms with van der Waals surface area (Å²) in [6.07, 6.45) is 2.49. The maximum atomic E-state index is 13.6. The van der Waals surface area contributed by atoms with E-state index in [9.17, 15) is 9.50 Å². The molecule has 3 rings (SSSR count). The molecule has 0 saturated carbocycles. The number of aliphatic hydroxyl groups is 1. The Bertz CT molecular complexity index is 797. The van der Waals surface area contributed by atoms with Gasteiger partial charge in [0, 0.05) is 18.7 Å². The lowest BCUT2D eigenvalue weighted by Gasteiger charge is -2.29. The maximum absolute atomic E-state index is 13.6. The maximum Gasteiger partial charge on any atom is 0.191 e. The van der Waals surface area contributed by atoms with Gasteiger partial charge in [0.05, 0.1) is 19.2 Å². The molecule has 7 heteroatoms. The fourth-order valence-electron chi connectivity index (χ4n) is 3.74.